The molecular formula is C9H15NO3. The average Bonchev–Trinajstić information content (AvgIpc) is 2.06. The summed E-state index contributed by atoms with van der Waals surface area (Å²) >= 11 is 0. The molecule has 0 aliphatic rings. The smallest absolute Gasteiger partial charge is 0.322 e. The molecule has 0 fully saturated rings. The van der Waals surface area contributed by atoms with Crippen LogP contribution in [0.3, 0.4) is 0 Å². The molecule has 4 nitrogen and oxygen atoms in total. The van der Waals surface area contributed by atoms with E-state index in [0.717, 1.165) is 0 Å². The predicted molar refractivity (Wildman–Crippen MR) is 48.7 cm³/mol. The zero-order valence-electron chi connectivity index (χ0n) is 8.02. The molecule has 1 aromatic heterocycles. The number of aromatic nitrogens is 1. The number of nitrogens with zero attached hydrogens (tertiary/aromatic N) is 1. The Kier molecular flexibility index (Phi) is 4.55. The molecule has 0 saturated carbocycles. The van der Waals surface area contributed by atoms with Gasteiger partial charge in [-0.3, -0.25) is 0 Å². The minimum atomic E-state index is -2.83. The van der Waals surface area contributed by atoms with Crippen LogP contribution < -0.4 is 0 Å². The highest BCUT2D eigenvalue weighted by atomic mass is 16.7. The van der Waals surface area contributed by atoms with Crippen LogP contribution in [-0.2, 0) is 5.97 Å². The number of aryl methyl sites for hydroxylation is 1. The van der Waals surface area contributed by atoms with Crippen molar-refractivity contribution < 1.29 is 15.3 Å². The highest BCUT2D eigenvalue weighted by Crippen LogP contribution is 2.10. The van der Waals surface area contributed by atoms with Gasteiger partial charge in [0.15, 0.2) is 0 Å². The highest BCUT2D eigenvalue weighted by Gasteiger charge is 2.22. The summed E-state index contributed by atoms with van der Waals surface area (Å²) in [7, 11) is 0. The summed E-state index contributed by atoms with van der Waals surface area (Å²) in [5.74, 6) is -2.83. The molecule has 1 aromatic rings. The lowest BCUT2D eigenvalue weighted by molar-refractivity contribution is -0.326. The molecule has 3 N–H and O–H groups in total. The maximum absolute atomic E-state index is 8.66. The Morgan fingerprint density at radius 3 is 2.00 bits per heavy atom. The van der Waals surface area contributed by atoms with E-state index in [1.54, 1.807) is 19.1 Å². The first-order valence-electron chi connectivity index (χ1n) is 4.11. The van der Waals surface area contributed by atoms with Gasteiger partial charge in [-0.25, -0.2) is 4.98 Å². The number of rotatable bonds is 1. The van der Waals surface area contributed by atoms with Gasteiger partial charge in [-0.2, -0.15) is 0 Å². The van der Waals surface area contributed by atoms with E-state index in [0.29, 0.717) is 5.69 Å². The van der Waals surface area contributed by atoms with Crippen LogP contribution in [0.2, 0.25) is 0 Å². The Morgan fingerprint density at radius 2 is 1.69 bits per heavy atom. The fourth-order valence-electron chi connectivity index (χ4n) is 0.730. The minimum Gasteiger partial charge on any atom is -0.338 e. The lowest BCUT2D eigenvalue weighted by Crippen LogP contribution is -2.25. The topological polar surface area (TPSA) is 73.6 Å². The van der Waals surface area contributed by atoms with Crippen molar-refractivity contribution in [2.75, 3.05) is 0 Å². The Bertz CT molecular complexity index is 255. The standard InChI is InChI=1S/C7H9NO3.C2H6/c1-5-3-2-4-6(8-5)7(9,10)11;1-2/h2-4,9-11H,1H3;1-2H3. The molecule has 1 rings (SSSR count). The van der Waals surface area contributed by atoms with Crippen LogP contribution in [0.25, 0.3) is 0 Å². The van der Waals surface area contributed by atoms with E-state index in [4.69, 9.17) is 15.3 Å². The first-order chi connectivity index (χ1) is 6.00. The normalized spacial score (nSPS) is 10.3. The molecule has 0 aliphatic carbocycles. The van der Waals surface area contributed by atoms with Gasteiger partial charge in [-0.1, -0.05) is 19.9 Å². The summed E-state index contributed by atoms with van der Waals surface area (Å²) in [4.78, 5) is 3.69. The second-order valence-electron chi connectivity index (χ2n) is 2.30. The van der Waals surface area contributed by atoms with Gasteiger partial charge in [-0.15, -0.1) is 0 Å². The molecule has 0 aliphatic heterocycles. The van der Waals surface area contributed by atoms with Crippen LogP contribution >= 0.6 is 0 Å². The largest absolute Gasteiger partial charge is 0.338 e. The summed E-state index contributed by atoms with van der Waals surface area (Å²) in [5, 5.41) is 26.0. The minimum absolute atomic E-state index is 0.169. The van der Waals surface area contributed by atoms with Crippen LogP contribution in [0.15, 0.2) is 18.2 Å². The molecule has 0 spiro atoms. The molecule has 0 bridgehead atoms. The molecule has 0 radical (unpaired) electrons. The highest BCUT2D eigenvalue weighted by molar-refractivity contribution is 5.11. The van der Waals surface area contributed by atoms with Gasteiger partial charge in [0.05, 0.1) is 0 Å². The number of hydrogen-bond acceptors (Lipinski definition) is 4. The maximum Gasteiger partial charge on any atom is 0.322 e. The Hall–Kier alpha value is -0.970. The van der Waals surface area contributed by atoms with E-state index in [1.807, 2.05) is 13.8 Å². The second-order valence-corrected chi connectivity index (χ2v) is 2.30. The van der Waals surface area contributed by atoms with E-state index in [9.17, 15) is 0 Å². The average molecular weight is 185 g/mol. The first-order valence-corrected chi connectivity index (χ1v) is 4.11. The first kappa shape index (κ1) is 12.0. The fraction of sp³-hybridized carbons (Fsp3) is 0.444. The van der Waals surface area contributed by atoms with E-state index in [1.165, 1.54) is 6.07 Å². The van der Waals surface area contributed by atoms with Crippen LogP contribution in [0, 0.1) is 6.92 Å². The van der Waals surface area contributed by atoms with Crippen molar-refractivity contribution in [1.29, 1.82) is 0 Å². The van der Waals surface area contributed by atoms with E-state index in [-0.39, 0.29) is 5.69 Å². The zero-order chi connectivity index (χ0) is 10.5. The molecule has 0 atom stereocenters. The Morgan fingerprint density at radius 1 is 1.15 bits per heavy atom. The maximum atomic E-state index is 8.66. The van der Waals surface area contributed by atoms with Crippen LogP contribution in [-0.4, -0.2) is 20.3 Å². The van der Waals surface area contributed by atoms with Crippen molar-refractivity contribution in [3.05, 3.63) is 29.6 Å². The quantitative estimate of drug-likeness (QED) is 0.557. The van der Waals surface area contributed by atoms with Gasteiger partial charge < -0.3 is 15.3 Å². The zero-order valence-corrected chi connectivity index (χ0v) is 8.02. The molecule has 74 valence electrons. The molecule has 1 heterocycles. The third kappa shape index (κ3) is 3.98. The van der Waals surface area contributed by atoms with Gasteiger partial charge >= 0.3 is 5.97 Å². The van der Waals surface area contributed by atoms with Gasteiger partial charge in [0, 0.05) is 5.69 Å². The van der Waals surface area contributed by atoms with Gasteiger partial charge in [-0.05, 0) is 19.1 Å². The van der Waals surface area contributed by atoms with E-state index < -0.39 is 5.97 Å². The van der Waals surface area contributed by atoms with E-state index >= 15 is 0 Å². The third-order valence-corrected chi connectivity index (χ3v) is 1.23. The van der Waals surface area contributed by atoms with Gasteiger partial charge in [0.1, 0.15) is 5.69 Å². The van der Waals surface area contributed by atoms with Crippen molar-refractivity contribution in [1.82, 2.24) is 4.98 Å². The molecule has 0 unspecified atom stereocenters. The molecule has 0 amide bonds. The van der Waals surface area contributed by atoms with E-state index in [2.05, 4.69) is 4.98 Å². The second kappa shape index (κ2) is 4.91. The number of hydrogen-bond donors (Lipinski definition) is 3. The van der Waals surface area contributed by atoms with Crippen LogP contribution in [0.4, 0.5) is 0 Å². The lowest BCUT2D eigenvalue weighted by Gasteiger charge is -2.12. The lowest BCUT2D eigenvalue weighted by atomic mass is 10.3. The van der Waals surface area contributed by atoms with Crippen molar-refractivity contribution in [3.8, 4) is 0 Å². The summed E-state index contributed by atoms with van der Waals surface area (Å²) in [6, 6.07) is 4.59. The molecule has 13 heavy (non-hydrogen) atoms. The monoisotopic (exact) mass is 185 g/mol. The fourth-order valence-corrected chi connectivity index (χ4v) is 0.730. The molecular weight excluding hydrogens is 170 g/mol. The molecule has 0 saturated heterocycles. The summed E-state index contributed by atoms with van der Waals surface area (Å²) in [5.41, 5.74) is 0.446. The summed E-state index contributed by atoms with van der Waals surface area (Å²) in [6.45, 7) is 5.69. The summed E-state index contributed by atoms with van der Waals surface area (Å²) < 4.78 is 0. The Labute approximate surface area is 77.5 Å². The Balaban J connectivity index is 0.000000671. The summed E-state index contributed by atoms with van der Waals surface area (Å²) in [6.07, 6.45) is 0. The van der Waals surface area contributed by atoms with Gasteiger partial charge in [0.2, 0.25) is 0 Å². The third-order valence-electron chi connectivity index (χ3n) is 1.23. The molecule has 0 aromatic carbocycles. The van der Waals surface area contributed by atoms with Crippen LogP contribution in [0.5, 0.6) is 0 Å². The van der Waals surface area contributed by atoms with Crippen molar-refractivity contribution in [3.63, 3.8) is 0 Å². The number of aliphatic hydroxyl groups is 3. The van der Waals surface area contributed by atoms with Crippen molar-refractivity contribution in [2.45, 2.75) is 26.7 Å². The SMILES string of the molecule is CC.Cc1cccc(C(O)(O)O)n1. The predicted octanol–water partition coefficient (Wildman–Crippen LogP) is 0.503. The van der Waals surface area contributed by atoms with Crippen molar-refractivity contribution >= 4 is 0 Å². The number of pyridine rings is 1. The molecule has 4 heteroatoms. The van der Waals surface area contributed by atoms with Gasteiger partial charge in [0.25, 0.3) is 0 Å². The van der Waals surface area contributed by atoms with Crippen molar-refractivity contribution in [2.24, 2.45) is 0 Å². The van der Waals surface area contributed by atoms with Crippen LogP contribution in [0.1, 0.15) is 25.2 Å².